The summed E-state index contributed by atoms with van der Waals surface area (Å²) in [7, 11) is 0. The number of carbonyl (C=O) groups is 4. The lowest BCUT2D eigenvalue weighted by Crippen LogP contribution is -2.35. The third-order valence-corrected chi connectivity index (χ3v) is 5.92. The molecule has 29 heavy (non-hydrogen) atoms. The Labute approximate surface area is 178 Å². The van der Waals surface area contributed by atoms with Crippen LogP contribution in [0.5, 0.6) is 0 Å². The molecule has 0 atom stereocenters. The van der Waals surface area contributed by atoms with Crippen LogP contribution in [0.15, 0.2) is 51.8 Å². The molecule has 0 saturated carbocycles. The molecule has 0 aliphatic carbocycles. The fraction of sp³-hybridized carbons (Fsp3) is 0.100. The fourth-order valence-electron chi connectivity index (χ4n) is 3.20. The smallest absolute Gasteiger partial charge is 0.290 e. The highest BCUT2D eigenvalue weighted by Gasteiger charge is 2.40. The summed E-state index contributed by atoms with van der Waals surface area (Å²) in [6.07, 6.45) is 0. The Morgan fingerprint density at radius 3 is 2.62 bits per heavy atom. The van der Waals surface area contributed by atoms with E-state index < -0.39 is 17.1 Å². The maximum Gasteiger partial charge on any atom is 0.290 e. The summed E-state index contributed by atoms with van der Waals surface area (Å²) in [5.74, 6) is -1.47. The number of fused-ring (bicyclic) bond motifs is 1. The van der Waals surface area contributed by atoms with Crippen LogP contribution in [0.25, 0.3) is 5.57 Å². The van der Waals surface area contributed by atoms with Crippen LogP contribution in [0, 0.1) is 6.92 Å². The second kappa shape index (κ2) is 7.49. The second-order valence-corrected chi connectivity index (χ2v) is 8.36. The van der Waals surface area contributed by atoms with Gasteiger partial charge in [-0.25, -0.2) is 0 Å². The van der Waals surface area contributed by atoms with Crippen molar-refractivity contribution in [3.05, 3.63) is 63.0 Å². The zero-order valence-electron chi connectivity index (χ0n) is 15.1. The second-order valence-electron chi connectivity index (χ2n) is 6.46. The molecular formula is C20H14BrN3O4S. The molecule has 0 unspecified atom stereocenters. The number of imide groups is 1. The molecule has 2 N–H and O–H groups in total. The number of para-hydroxylation sites is 1. The number of benzene rings is 2. The molecule has 2 heterocycles. The average molecular weight is 472 g/mol. The first kappa shape index (κ1) is 19.4. The lowest BCUT2D eigenvalue weighted by molar-refractivity contribution is -0.118. The number of anilines is 2. The van der Waals surface area contributed by atoms with Crippen LogP contribution in [0.2, 0.25) is 0 Å². The van der Waals surface area contributed by atoms with Gasteiger partial charge in [0.2, 0.25) is 5.91 Å². The van der Waals surface area contributed by atoms with E-state index in [4.69, 9.17) is 0 Å². The number of aryl methyl sites for hydroxylation is 1. The first-order valence-corrected chi connectivity index (χ1v) is 10.2. The van der Waals surface area contributed by atoms with Crippen LogP contribution in [-0.4, -0.2) is 29.5 Å². The van der Waals surface area contributed by atoms with Crippen molar-refractivity contribution in [2.75, 3.05) is 16.8 Å². The zero-order chi connectivity index (χ0) is 20.7. The van der Waals surface area contributed by atoms with E-state index in [-0.39, 0.29) is 22.9 Å². The molecule has 1 saturated heterocycles. The monoisotopic (exact) mass is 471 g/mol. The van der Waals surface area contributed by atoms with Gasteiger partial charge in [-0.05, 0) is 48.5 Å². The van der Waals surface area contributed by atoms with Crippen molar-refractivity contribution in [1.82, 2.24) is 5.32 Å². The quantitative estimate of drug-likeness (QED) is 0.668. The van der Waals surface area contributed by atoms with Crippen LogP contribution in [-0.2, 0) is 14.4 Å². The number of nitrogens with one attached hydrogen (secondary N) is 2. The van der Waals surface area contributed by atoms with Crippen molar-refractivity contribution in [2.45, 2.75) is 6.92 Å². The molecule has 7 nitrogen and oxygen atoms in total. The van der Waals surface area contributed by atoms with Crippen LogP contribution in [0.1, 0.15) is 11.1 Å². The van der Waals surface area contributed by atoms with Gasteiger partial charge in [-0.2, -0.15) is 0 Å². The van der Waals surface area contributed by atoms with Crippen LogP contribution in [0.3, 0.4) is 0 Å². The minimum atomic E-state index is -0.611. The normalized spacial score (nSPS) is 18.1. The van der Waals surface area contributed by atoms with Crippen LogP contribution < -0.4 is 15.5 Å². The minimum absolute atomic E-state index is 0.0427. The Balaban J connectivity index is 1.69. The lowest BCUT2D eigenvalue weighted by atomic mass is 10.1. The molecule has 0 bridgehead atoms. The number of amides is 4. The third kappa shape index (κ3) is 3.58. The first-order chi connectivity index (χ1) is 13.8. The molecule has 1 fully saturated rings. The lowest BCUT2D eigenvalue weighted by Gasteiger charge is -2.17. The van der Waals surface area contributed by atoms with Crippen LogP contribution >= 0.6 is 27.7 Å². The molecule has 0 aromatic heterocycles. The van der Waals surface area contributed by atoms with Gasteiger partial charge in [-0.3, -0.25) is 29.4 Å². The van der Waals surface area contributed by atoms with Gasteiger partial charge in [0.25, 0.3) is 17.1 Å². The Bertz CT molecular complexity index is 1130. The van der Waals surface area contributed by atoms with Crippen molar-refractivity contribution in [2.24, 2.45) is 0 Å². The molecule has 9 heteroatoms. The van der Waals surface area contributed by atoms with Crippen molar-refractivity contribution in [3.8, 4) is 0 Å². The summed E-state index contributed by atoms with van der Waals surface area (Å²) in [5, 5.41) is 4.44. The Hall–Kier alpha value is -2.91. The van der Waals surface area contributed by atoms with Crippen molar-refractivity contribution in [1.29, 1.82) is 0 Å². The molecule has 0 radical (unpaired) electrons. The SMILES string of the molecule is Cc1ccccc1NC(=O)CN1C(=O)/C(=C2/SC(=O)NC2=O)c2cc(Br)ccc21. The Kier molecular flexibility index (Phi) is 5.01. The molecule has 2 aromatic rings. The zero-order valence-corrected chi connectivity index (χ0v) is 17.5. The summed E-state index contributed by atoms with van der Waals surface area (Å²) >= 11 is 4.05. The molecule has 4 amide bonds. The van der Waals surface area contributed by atoms with E-state index in [0.717, 1.165) is 5.56 Å². The van der Waals surface area contributed by atoms with E-state index >= 15 is 0 Å². The molecule has 146 valence electrons. The molecule has 2 aliphatic heterocycles. The number of hydrogen-bond donors (Lipinski definition) is 2. The molecule has 0 spiro atoms. The standard InChI is InChI=1S/C20H14BrN3O4S/c1-10-4-2-3-5-13(10)22-15(25)9-24-14-7-6-11(21)8-12(14)16(19(24)27)17-18(26)23-20(28)29-17/h2-8H,9H2,1H3,(H,22,25)(H,23,26,28)/b17-16+. The predicted octanol–water partition coefficient (Wildman–Crippen LogP) is 3.44. The highest BCUT2D eigenvalue weighted by Crippen LogP contribution is 2.43. The number of thioether (sulfide) groups is 1. The maximum absolute atomic E-state index is 13.1. The largest absolute Gasteiger partial charge is 0.324 e. The number of rotatable bonds is 3. The Morgan fingerprint density at radius 2 is 1.93 bits per heavy atom. The van der Waals surface area contributed by atoms with Gasteiger partial charge in [0.1, 0.15) is 6.54 Å². The molecule has 2 aliphatic rings. The topological polar surface area (TPSA) is 95.6 Å². The van der Waals surface area contributed by atoms with Crippen molar-refractivity contribution >= 4 is 67.6 Å². The van der Waals surface area contributed by atoms with Gasteiger partial charge in [0.05, 0.1) is 16.2 Å². The van der Waals surface area contributed by atoms with Gasteiger partial charge in [-0.15, -0.1) is 0 Å². The van der Waals surface area contributed by atoms with E-state index in [1.165, 1.54) is 4.90 Å². The molecule has 4 rings (SSSR count). The third-order valence-electron chi connectivity index (χ3n) is 4.54. The van der Waals surface area contributed by atoms with Gasteiger partial charge in [-0.1, -0.05) is 34.1 Å². The van der Waals surface area contributed by atoms with E-state index in [1.54, 1.807) is 24.3 Å². The van der Waals surface area contributed by atoms with Crippen LogP contribution in [0.4, 0.5) is 16.2 Å². The summed E-state index contributed by atoms with van der Waals surface area (Å²) in [6, 6.07) is 12.5. The average Bonchev–Trinajstić information content (AvgIpc) is 3.12. The highest BCUT2D eigenvalue weighted by atomic mass is 79.9. The van der Waals surface area contributed by atoms with Gasteiger partial charge in [0, 0.05) is 15.7 Å². The van der Waals surface area contributed by atoms with Gasteiger partial charge < -0.3 is 5.32 Å². The number of nitrogens with zero attached hydrogens (tertiary/aromatic N) is 1. The van der Waals surface area contributed by atoms with Crippen molar-refractivity contribution in [3.63, 3.8) is 0 Å². The van der Waals surface area contributed by atoms with E-state index in [9.17, 15) is 19.2 Å². The number of carbonyl (C=O) groups excluding carboxylic acids is 4. The van der Waals surface area contributed by atoms with E-state index in [1.807, 2.05) is 25.1 Å². The van der Waals surface area contributed by atoms with E-state index in [2.05, 4.69) is 26.6 Å². The van der Waals surface area contributed by atoms with Gasteiger partial charge >= 0.3 is 0 Å². The summed E-state index contributed by atoms with van der Waals surface area (Å²) in [5.41, 5.74) is 2.69. The maximum atomic E-state index is 13.1. The number of hydrogen-bond acceptors (Lipinski definition) is 5. The highest BCUT2D eigenvalue weighted by molar-refractivity contribution is 9.10. The summed E-state index contributed by atoms with van der Waals surface area (Å²) in [4.78, 5) is 50.9. The van der Waals surface area contributed by atoms with Crippen molar-refractivity contribution < 1.29 is 19.2 Å². The van der Waals surface area contributed by atoms with E-state index in [0.29, 0.717) is 33.2 Å². The Morgan fingerprint density at radius 1 is 1.17 bits per heavy atom. The first-order valence-electron chi connectivity index (χ1n) is 8.60. The predicted molar refractivity (Wildman–Crippen MR) is 114 cm³/mol. The summed E-state index contributed by atoms with van der Waals surface area (Å²) < 4.78 is 0.711. The molecule has 2 aromatic carbocycles. The molecular weight excluding hydrogens is 458 g/mol. The fourth-order valence-corrected chi connectivity index (χ4v) is 4.34. The summed E-state index contributed by atoms with van der Waals surface area (Å²) in [6.45, 7) is 1.65. The van der Waals surface area contributed by atoms with Gasteiger partial charge in [0.15, 0.2) is 0 Å². The number of halogens is 1. The minimum Gasteiger partial charge on any atom is -0.324 e.